The number of methoxy groups -OCH3 is 1. The molecule has 0 spiro atoms. The third kappa shape index (κ3) is 8.14. The fourth-order valence-electron chi connectivity index (χ4n) is 3.63. The van der Waals surface area contributed by atoms with Crippen molar-refractivity contribution in [2.75, 3.05) is 13.7 Å². The van der Waals surface area contributed by atoms with E-state index in [-0.39, 0.29) is 6.54 Å². The Morgan fingerprint density at radius 2 is 1.59 bits per heavy atom. The highest BCUT2D eigenvalue weighted by atomic mass is 32.3. The van der Waals surface area contributed by atoms with Crippen molar-refractivity contribution in [1.82, 2.24) is 5.32 Å². The molecule has 1 unspecified atom stereocenters. The minimum Gasteiger partial charge on any atom is -0.496 e. The highest BCUT2D eigenvalue weighted by Crippen LogP contribution is 2.26. The lowest BCUT2D eigenvalue weighted by atomic mass is 9.94. The van der Waals surface area contributed by atoms with Gasteiger partial charge in [-0.2, -0.15) is 8.42 Å². The van der Waals surface area contributed by atoms with Crippen LogP contribution in [0.25, 0.3) is 0 Å². The van der Waals surface area contributed by atoms with Gasteiger partial charge in [0.05, 0.1) is 7.11 Å². The molecule has 3 aromatic rings. The molecule has 0 saturated heterocycles. The van der Waals surface area contributed by atoms with Gasteiger partial charge in [0.15, 0.2) is 0 Å². The summed E-state index contributed by atoms with van der Waals surface area (Å²) >= 11 is 0. The van der Waals surface area contributed by atoms with E-state index in [9.17, 15) is 13.0 Å². The standard InChI is InChI=1S/C26H31NO6S/c1-26(2,17-22-11-7-8-12-24(22)31-3)27-18-25(33-34(28,29)30)21-13-15-23(16-14-21)32-19-20-9-5-4-6-10-20/h4-16,25,27H,17-19H2,1-3H3,(H,28,29,30). The summed E-state index contributed by atoms with van der Waals surface area (Å²) in [4.78, 5) is 0. The monoisotopic (exact) mass is 485 g/mol. The van der Waals surface area contributed by atoms with Gasteiger partial charge in [-0.25, -0.2) is 4.18 Å². The molecule has 8 heteroatoms. The van der Waals surface area contributed by atoms with Crippen molar-refractivity contribution in [3.63, 3.8) is 0 Å². The Morgan fingerprint density at radius 3 is 2.24 bits per heavy atom. The lowest BCUT2D eigenvalue weighted by molar-refractivity contribution is 0.168. The maximum Gasteiger partial charge on any atom is 0.397 e. The second-order valence-electron chi connectivity index (χ2n) is 8.61. The molecule has 0 aliphatic heterocycles. The van der Waals surface area contributed by atoms with Crippen LogP contribution in [0.1, 0.15) is 36.6 Å². The van der Waals surface area contributed by atoms with Crippen molar-refractivity contribution in [3.05, 3.63) is 95.6 Å². The number of ether oxygens (including phenoxy) is 2. The topological polar surface area (TPSA) is 94.1 Å². The van der Waals surface area contributed by atoms with E-state index in [1.807, 2.05) is 68.4 Å². The number of nitrogens with one attached hydrogen (secondary N) is 1. The number of hydrogen-bond donors (Lipinski definition) is 2. The van der Waals surface area contributed by atoms with E-state index in [0.717, 1.165) is 16.9 Å². The van der Waals surface area contributed by atoms with Gasteiger partial charge in [0, 0.05) is 12.1 Å². The Labute approximate surface area is 201 Å². The Hall–Kier alpha value is -2.91. The first-order valence-corrected chi connectivity index (χ1v) is 12.3. The predicted molar refractivity (Wildman–Crippen MR) is 131 cm³/mol. The summed E-state index contributed by atoms with van der Waals surface area (Å²) in [6, 6.07) is 24.5. The zero-order valence-corrected chi connectivity index (χ0v) is 20.4. The van der Waals surface area contributed by atoms with Gasteiger partial charge in [-0.15, -0.1) is 0 Å². The SMILES string of the molecule is COc1ccccc1CC(C)(C)NCC(OS(=O)(=O)O)c1ccc(OCc2ccccc2)cc1. The van der Waals surface area contributed by atoms with Gasteiger partial charge < -0.3 is 14.8 Å². The summed E-state index contributed by atoms with van der Waals surface area (Å²) in [6.07, 6.45) is -0.280. The van der Waals surface area contributed by atoms with Gasteiger partial charge in [-0.1, -0.05) is 60.7 Å². The van der Waals surface area contributed by atoms with E-state index in [2.05, 4.69) is 5.32 Å². The van der Waals surface area contributed by atoms with Crippen LogP contribution in [0.15, 0.2) is 78.9 Å². The molecule has 182 valence electrons. The second kappa shape index (κ2) is 11.5. The summed E-state index contributed by atoms with van der Waals surface area (Å²) in [6.45, 7) is 4.59. The van der Waals surface area contributed by atoms with Crippen LogP contribution in [0.2, 0.25) is 0 Å². The van der Waals surface area contributed by atoms with Crippen molar-refractivity contribution in [1.29, 1.82) is 0 Å². The molecule has 0 heterocycles. The quantitative estimate of drug-likeness (QED) is 0.358. The molecule has 0 fully saturated rings. The number of para-hydroxylation sites is 1. The first-order chi connectivity index (χ1) is 16.1. The molecule has 0 aromatic heterocycles. The molecule has 2 N–H and O–H groups in total. The summed E-state index contributed by atoms with van der Waals surface area (Å²) < 4.78 is 48.5. The van der Waals surface area contributed by atoms with Gasteiger partial charge in [-0.05, 0) is 55.2 Å². The number of rotatable bonds is 12. The molecule has 3 rings (SSSR count). The second-order valence-corrected chi connectivity index (χ2v) is 9.66. The van der Waals surface area contributed by atoms with E-state index < -0.39 is 22.0 Å². The minimum absolute atomic E-state index is 0.159. The normalized spacial score (nSPS) is 12.8. The summed E-state index contributed by atoms with van der Waals surface area (Å²) in [7, 11) is -3.03. The van der Waals surface area contributed by atoms with Crippen molar-refractivity contribution in [3.8, 4) is 11.5 Å². The highest BCUT2D eigenvalue weighted by Gasteiger charge is 2.25. The van der Waals surface area contributed by atoms with Gasteiger partial charge in [-0.3, -0.25) is 4.55 Å². The molecular formula is C26H31NO6S. The summed E-state index contributed by atoms with van der Waals surface area (Å²) in [5.41, 5.74) is 2.24. The van der Waals surface area contributed by atoms with Crippen LogP contribution >= 0.6 is 0 Å². The largest absolute Gasteiger partial charge is 0.496 e. The van der Waals surface area contributed by atoms with Crippen LogP contribution in [-0.2, 0) is 27.6 Å². The molecule has 0 radical (unpaired) electrons. The zero-order valence-electron chi connectivity index (χ0n) is 19.6. The maximum atomic E-state index is 11.5. The van der Waals surface area contributed by atoms with Crippen molar-refractivity contribution in [2.45, 2.75) is 38.5 Å². The van der Waals surface area contributed by atoms with Crippen molar-refractivity contribution >= 4 is 10.4 Å². The van der Waals surface area contributed by atoms with E-state index in [0.29, 0.717) is 24.3 Å². The molecule has 0 saturated carbocycles. The minimum atomic E-state index is -4.66. The molecule has 1 atom stereocenters. The fraction of sp³-hybridized carbons (Fsp3) is 0.308. The fourth-order valence-corrected chi connectivity index (χ4v) is 4.10. The molecule has 7 nitrogen and oxygen atoms in total. The van der Waals surface area contributed by atoms with Gasteiger partial charge in [0.25, 0.3) is 0 Å². The van der Waals surface area contributed by atoms with Crippen molar-refractivity contribution in [2.24, 2.45) is 0 Å². The number of benzene rings is 3. The van der Waals surface area contributed by atoms with E-state index in [1.54, 1.807) is 31.4 Å². The van der Waals surface area contributed by atoms with Crippen LogP contribution in [-0.4, -0.2) is 32.2 Å². The Balaban J connectivity index is 1.67. The Morgan fingerprint density at radius 1 is 0.941 bits per heavy atom. The lowest BCUT2D eigenvalue weighted by Gasteiger charge is -2.29. The first-order valence-electron chi connectivity index (χ1n) is 10.9. The number of hydrogen-bond acceptors (Lipinski definition) is 6. The Kier molecular flexibility index (Phi) is 8.68. The van der Waals surface area contributed by atoms with Crippen molar-refractivity contribution < 1.29 is 26.6 Å². The maximum absolute atomic E-state index is 11.5. The van der Waals surface area contributed by atoms with Gasteiger partial charge in [0.2, 0.25) is 0 Å². The summed E-state index contributed by atoms with van der Waals surface area (Å²) in [5.74, 6) is 1.43. The molecule has 0 aliphatic rings. The average Bonchev–Trinajstić information content (AvgIpc) is 2.81. The molecule has 0 aliphatic carbocycles. The van der Waals surface area contributed by atoms with Crippen LogP contribution in [0.3, 0.4) is 0 Å². The third-order valence-electron chi connectivity index (χ3n) is 5.33. The molecule has 3 aromatic carbocycles. The molecular weight excluding hydrogens is 454 g/mol. The third-order valence-corrected chi connectivity index (χ3v) is 5.80. The molecule has 34 heavy (non-hydrogen) atoms. The van der Waals surface area contributed by atoms with Gasteiger partial charge in [0.1, 0.15) is 24.2 Å². The van der Waals surface area contributed by atoms with E-state index in [1.165, 1.54) is 0 Å². The van der Waals surface area contributed by atoms with E-state index in [4.69, 9.17) is 13.7 Å². The smallest absolute Gasteiger partial charge is 0.397 e. The van der Waals surface area contributed by atoms with Crippen LogP contribution < -0.4 is 14.8 Å². The first kappa shape index (κ1) is 25.7. The highest BCUT2D eigenvalue weighted by molar-refractivity contribution is 7.80. The predicted octanol–water partition coefficient (Wildman–Crippen LogP) is 4.75. The average molecular weight is 486 g/mol. The van der Waals surface area contributed by atoms with Gasteiger partial charge >= 0.3 is 10.4 Å². The van der Waals surface area contributed by atoms with Crippen LogP contribution in [0, 0.1) is 0 Å². The van der Waals surface area contributed by atoms with E-state index >= 15 is 0 Å². The summed E-state index contributed by atoms with van der Waals surface area (Å²) in [5, 5.41) is 3.35. The Bertz CT molecular complexity index is 1150. The van der Waals surface area contributed by atoms with Crippen LogP contribution in [0.4, 0.5) is 0 Å². The molecule has 0 bridgehead atoms. The van der Waals surface area contributed by atoms with Crippen LogP contribution in [0.5, 0.6) is 11.5 Å². The molecule has 0 amide bonds. The lowest BCUT2D eigenvalue weighted by Crippen LogP contribution is -2.44. The zero-order chi connectivity index (χ0) is 24.6.